The summed E-state index contributed by atoms with van der Waals surface area (Å²) in [6.45, 7) is 5.07. The van der Waals surface area contributed by atoms with E-state index in [1.807, 2.05) is 24.3 Å². The molecule has 0 spiro atoms. The second-order valence-electron chi connectivity index (χ2n) is 4.16. The summed E-state index contributed by atoms with van der Waals surface area (Å²) >= 11 is 5.77. The highest BCUT2D eigenvalue weighted by Crippen LogP contribution is 2.23. The van der Waals surface area contributed by atoms with Crippen molar-refractivity contribution in [3.63, 3.8) is 0 Å². The molecule has 0 amide bonds. The van der Waals surface area contributed by atoms with E-state index in [1.54, 1.807) is 0 Å². The highest BCUT2D eigenvalue weighted by atomic mass is 35.5. The molecule has 1 saturated heterocycles. The standard InChI is InChI=1S/C11H14ClNO/c1-11(6-13-7-11)8-14-10-4-2-9(12)3-5-10/h2-5,13H,6-8H2,1H3. The van der Waals surface area contributed by atoms with Crippen LogP contribution >= 0.6 is 11.6 Å². The van der Waals surface area contributed by atoms with Crippen LogP contribution in [-0.2, 0) is 0 Å². The molecular formula is C11H14ClNO. The van der Waals surface area contributed by atoms with Crippen molar-refractivity contribution in [2.24, 2.45) is 5.41 Å². The van der Waals surface area contributed by atoms with Crippen LogP contribution in [0.3, 0.4) is 0 Å². The zero-order valence-corrected chi connectivity index (χ0v) is 8.97. The fourth-order valence-corrected chi connectivity index (χ4v) is 1.57. The summed E-state index contributed by atoms with van der Waals surface area (Å²) < 4.78 is 5.67. The van der Waals surface area contributed by atoms with Gasteiger partial charge in [-0.2, -0.15) is 0 Å². The lowest BCUT2D eigenvalue weighted by atomic mass is 9.85. The minimum atomic E-state index is 0.305. The number of ether oxygens (including phenoxy) is 1. The van der Waals surface area contributed by atoms with Crippen LogP contribution < -0.4 is 10.1 Å². The Morgan fingerprint density at radius 2 is 2.00 bits per heavy atom. The van der Waals surface area contributed by atoms with Crippen LogP contribution in [0.15, 0.2) is 24.3 Å². The summed E-state index contributed by atoms with van der Waals surface area (Å²) in [6.07, 6.45) is 0. The molecule has 1 aliphatic rings. The predicted molar refractivity (Wildman–Crippen MR) is 57.9 cm³/mol. The fourth-order valence-electron chi connectivity index (χ4n) is 1.44. The highest BCUT2D eigenvalue weighted by molar-refractivity contribution is 6.30. The molecule has 0 saturated carbocycles. The molecule has 3 heteroatoms. The second kappa shape index (κ2) is 3.79. The van der Waals surface area contributed by atoms with E-state index in [9.17, 15) is 0 Å². The van der Waals surface area contributed by atoms with Crippen LogP contribution in [0.4, 0.5) is 0 Å². The fraction of sp³-hybridized carbons (Fsp3) is 0.455. The number of benzene rings is 1. The van der Waals surface area contributed by atoms with E-state index in [4.69, 9.17) is 16.3 Å². The Kier molecular flexibility index (Phi) is 2.66. The van der Waals surface area contributed by atoms with Gasteiger partial charge in [-0.1, -0.05) is 18.5 Å². The Morgan fingerprint density at radius 3 is 2.50 bits per heavy atom. The Hall–Kier alpha value is -0.730. The minimum Gasteiger partial charge on any atom is -0.493 e. The van der Waals surface area contributed by atoms with Gasteiger partial charge >= 0.3 is 0 Å². The lowest BCUT2D eigenvalue weighted by Gasteiger charge is -2.38. The Bertz CT molecular complexity index is 306. The molecule has 1 N–H and O–H groups in total. The lowest BCUT2D eigenvalue weighted by Crippen LogP contribution is -2.54. The third kappa shape index (κ3) is 2.20. The van der Waals surface area contributed by atoms with Crippen LogP contribution in [0.25, 0.3) is 0 Å². The molecule has 1 aliphatic heterocycles. The van der Waals surface area contributed by atoms with Crippen molar-refractivity contribution in [1.82, 2.24) is 5.32 Å². The van der Waals surface area contributed by atoms with Crippen molar-refractivity contribution in [2.45, 2.75) is 6.92 Å². The van der Waals surface area contributed by atoms with Crippen molar-refractivity contribution < 1.29 is 4.74 Å². The molecule has 14 heavy (non-hydrogen) atoms. The van der Waals surface area contributed by atoms with Crippen LogP contribution in [0.1, 0.15) is 6.92 Å². The average Bonchev–Trinajstić information content (AvgIpc) is 2.14. The Morgan fingerprint density at radius 1 is 1.36 bits per heavy atom. The first-order chi connectivity index (χ1) is 6.68. The summed E-state index contributed by atoms with van der Waals surface area (Å²) in [5, 5.41) is 3.99. The Balaban J connectivity index is 1.88. The Labute approximate surface area is 89.2 Å². The van der Waals surface area contributed by atoms with Crippen LogP contribution in [-0.4, -0.2) is 19.7 Å². The molecule has 76 valence electrons. The SMILES string of the molecule is CC1(COc2ccc(Cl)cc2)CNC1. The van der Waals surface area contributed by atoms with E-state index >= 15 is 0 Å². The minimum absolute atomic E-state index is 0.305. The normalized spacial score (nSPS) is 18.7. The van der Waals surface area contributed by atoms with Crippen molar-refractivity contribution in [3.05, 3.63) is 29.3 Å². The number of nitrogens with one attached hydrogen (secondary N) is 1. The predicted octanol–water partition coefficient (Wildman–Crippen LogP) is 2.33. The van der Waals surface area contributed by atoms with E-state index in [1.165, 1.54) is 0 Å². The summed E-state index contributed by atoms with van der Waals surface area (Å²) in [5.74, 6) is 0.891. The van der Waals surface area contributed by atoms with Crippen molar-refractivity contribution in [1.29, 1.82) is 0 Å². The maximum atomic E-state index is 5.77. The third-order valence-electron chi connectivity index (χ3n) is 2.50. The van der Waals surface area contributed by atoms with E-state index in [-0.39, 0.29) is 0 Å². The molecule has 2 rings (SSSR count). The van der Waals surface area contributed by atoms with Gasteiger partial charge in [0.1, 0.15) is 5.75 Å². The van der Waals surface area contributed by atoms with Gasteiger partial charge < -0.3 is 10.1 Å². The molecule has 1 heterocycles. The van der Waals surface area contributed by atoms with Gasteiger partial charge in [-0.25, -0.2) is 0 Å². The number of hydrogen-bond acceptors (Lipinski definition) is 2. The molecule has 0 bridgehead atoms. The van der Waals surface area contributed by atoms with Gasteiger partial charge in [-0.15, -0.1) is 0 Å². The molecule has 1 fully saturated rings. The van der Waals surface area contributed by atoms with Crippen LogP contribution in [0.2, 0.25) is 5.02 Å². The zero-order valence-electron chi connectivity index (χ0n) is 8.22. The van der Waals surface area contributed by atoms with Crippen LogP contribution in [0, 0.1) is 5.41 Å². The summed E-state index contributed by atoms with van der Waals surface area (Å²) in [5.41, 5.74) is 0.305. The maximum absolute atomic E-state index is 5.77. The molecule has 0 unspecified atom stereocenters. The molecule has 1 aromatic carbocycles. The van der Waals surface area contributed by atoms with E-state index in [0.29, 0.717) is 5.41 Å². The largest absolute Gasteiger partial charge is 0.493 e. The van der Waals surface area contributed by atoms with Gasteiger partial charge in [0.25, 0.3) is 0 Å². The summed E-state index contributed by atoms with van der Waals surface area (Å²) in [7, 11) is 0. The second-order valence-corrected chi connectivity index (χ2v) is 4.59. The summed E-state index contributed by atoms with van der Waals surface area (Å²) in [4.78, 5) is 0. The lowest BCUT2D eigenvalue weighted by molar-refractivity contribution is 0.102. The van der Waals surface area contributed by atoms with Gasteiger partial charge in [0, 0.05) is 23.5 Å². The van der Waals surface area contributed by atoms with Gasteiger partial charge in [-0.05, 0) is 24.3 Å². The number of rotatable bonds is 3. The van der Waals surface area contributed by atoms with E-state index in [2.05, 4.69) is 12.2 Å². The van der Waals surface area contributed by atoms with Gasteiger partial charge in [0.05, 0.1) is 6.61 Å². The molecule has 2 nitrogen and oxygen atoms in total. The highest BCUT2D eigenvalue weighted by Gasteiger charge is 2.32. The maximum Gasteiger partial charge on any atom is 0.119 e. The molecule has 0 radical (unpaired) electrons. The summed E-state index contributed by atoms with van der Waals surface area (Å²) in [6, 6.07) is 7.49. The van der Waals surface area contributed by atoms with E-state index < -0.39 is 0 Å². The number of halogens is 1. The molecule has 0 atom stereocenters. The van der Waals surface area contributed by atoms with Crippen molar-refractivity contribution in [2.75, 3.05) is 19.7 Å². The van der Waals surface area contributed by atoms with Gasteiger partial charge in [0.15, 0.2) is 0 Å². The molecule has 1 aromatic rings. The van der Waals surface area contributed by atoms with E-state index in [0.717, 1.165) is 30.5 Å². The van der Waals surface area contributed by atoms with Crippen LogP contribution in [0.5, 0.6) is 5.75 Å². The first-order valence-corrected chi connectivity index (χ1v) is 5.15. The molecule has 0 aromatic heterocycles. The average molecular weight is 212 g/mol. The molecular weight excluding hydrogens is 198 g/mol. The van der Waals surface area contributed by atoms with Crippen molar-refractivity contribution in [3.8, 4) is 5.75 Å². The topological polar surface area (TPSA) is 21.3 Å². The van der Waals surface area contributed by atoms with Gasteiger partial charge in [-0.3, -0.25) is 0 Å². The monoisotopic (exact) mass is 211 g/mol. The first-order valence-electron chi connectivity index (χ1n) is 4.77. The van der Waals surface area contributed by atoms with Gasteiger partial charge in [0.2, 0.25) is 0 Å². The smallest absolute Gasteiger partial charge is 0.119 e. The quantitative estimate of drug-likeness (QED) is 0.829. The first kappa shape index (κ1) is 9.81. The third-order valence-corrected chi connectivity index (χ3v) is 2.76. The zero-order chi connectivity index (χ0) is 10.0. The molecule has 0 aliphatic carbocycles. The van der Waals surface area contributed by atoms with Crippen molar-refractivity contribution >= 4 is 11.6 Å². The number of hydrogen-bond donors (Lipinski definition) is 1.